The van der Waals surface area contributed by atoms with Gasteiger partial charge in [0.1, 0.15) is 0 Å². The van der Waals surface area contributed by atoms with Crippen molar-refractivity contribution >= 4 is 24.2 Å². The summed E-state index contributed by atoms with van der Waals surface area (Å²) in [4.78, 5) is 8.94. The summed E-state index contributed by atoms with van der Waals surface area (Å²) < 4.78 is 39.6. The Morgan fingerprint density at radius 1 is 1.08 bits per heavy atom. The lowest BCUT2D eigenvalue weighted by molar-refractivity contribution is -0.137. The highest BCUT2D eigenvalue weighted by molar-refractivity contribution is 5.79. The first-order valence-electron chi connectivity index (χ1n) is 7.54. The third kappa shape index (κ3) is 5.91. The van der Waals surface area contributed by atoms with Crippen molar-refractivity contribution in [3.63, 3.8) is 0 Å². The zero-order valence-corrected chi connectivity index (χ0v) is 14.4. The minimum absolute atomic E-state index is 0.0586. The number of hydrazine groups is 2. The number of rotatable bonds is 4. The van der Waals surface area contributed by atoms with Gasteiger partial charge in [-0.3, -0.25) is 10.2 Å². The quantitative estimate of drug-likeness (QED) is 0.255. The minimum atomic E-state index is -4.43. The molecule has 0 spiro atoms. The Balaban J connectivity index is 0.000000765. The van der Waals surface area contributed by atoms with Gasteiger partial charge in [0.05, 0.1) is 11.3 Å². The van der Waals surface area contributed by atoms with E-state index >= 15 is 0 Å². The number of aryl methyl sites for hydroxylation is 1. The summed E-state index contributed by atoms with van der Waals surface area (Å²) in [5.74, 6) is 10.1. The van der Waals surface area contributed by atoms with Crippen LogP contribution in [0.4, 0.5) is 18.9 Å². The van der Waals surface area contributed by atoms with Gasteiger partial charge in [-0.1, -0.05) is 42.5 Å². The molecule has 0 fully saturated rings. The van der Waals surface area contributed by atoms with Crippen molar-refractivity contribution in [2.24, 2.45) is 11.7 Å². The Hall–Kier alpha value is -2.84. The predicted octanol–water partition coefficient (Wildman–Crippen LogP) is 3.10. The fourth-order valence-electron chi connectivity index (χ4n) is 2.23. The highest BCUT2D eigenvalue weighted by atomic mass is 19.4. The van der Waals surface area contributed by atoms with E-state index in [0.717, 1.165) is 17.2 Å². The smallest absolute Gasteiger partial charge is 0.314 e. The molecule has 0 atom stereocenters. The van der Waals surface area contributed by atoms with Crippen molar-refractivity contribution in [3.05, 3.63) is 64.7 Å². The molecule has 0 aliphatic carbocycles. The third-order valence-corrected chi connectivity index (χ3v) is 3.45. The molecule has 140 valence electrons. The Morgan fingerprint density at radius 2 is 1.69 bits per heavy atom. The monoisotopic (exact) mass is 366 g/mol. The van der Waals surface area contributed by atoms with E-state index in [4.69, 9.17) is 10.6 Å². The first-order valence-corrected chi connectivity index (χ1v) is 7.54. The molecular formula is C18H21F3N4O. The molecule has 2 aromatic carbocycles. The van der Waals surface area contributed by atoms with Crippen LogP contribution in [-0.2, 0) is 11.0 Å². The number of hydrogen-bond acceptors (Lipinski definition) is 4. The van der Waals surface area contributed by atoms with Crippen molar-refractivity contribution < 1.29 is 18.0 Å². The maximum Gasteiger partial charge on any atom is 0.417 e. The van der Waals surface area contributed by atoms with Crippen LogP contribution in [0.25, 0.3) is 12.2 Å². The van der Waals surface area contributed by atoms with Gasteiger partial charge >= 0.3 is 6.18 Å². The second kappa shape index (κ2) is 9.59. The van der Waals surface area contributed by atoms with Gasteiger partial charge in [-0.05, 0) is 30.2 Å². The standard InChI is InChI=1S/C17H17F3N2.CH4N2O/c1-12-6-3-4-7-13(12)10-11-14-15(17(18,19)20)8-5-9-16(14)22(2)21;2-3-1-4/h3-11H,21H2,1-2H3;1H,2H2,(H,3,4)/b11-10+;. The lowest BCUT2D eigenvalue weighted by atomic mass is 10.0. The largest absolute Gasteiger partial charge is 0.417 e. The zero-order valence-electron chi connectivity index (χ0n) is 14.4. The van der Waals surface area contributed by atoms with Crippen LogP contribution in [0.2, 0.25) is 0 Å². The Kier molecular flexibility index (Phi) is 7.82. The SMILES string of the molecule is Cc1ccccc1/C=C/c1c(N(C)N)cccc1C(F)(F)F.NNC=O. The van der Waals surface area contributed by atoms with Crippen LogP contribution in [0.5, 0.6) is 0 Å². The number of alkyl halides is 3. The van der Waals surface area contributed by atoms with E-state index in [1.807, 2.05) is 31.2 Å². The molecule has 1 amide bonds. The van der Waals surface area contributed by atoms with E-state index < -0.39 is 11.7 Å². The maximum atomic E-state index is 13.2. The highest BCUT2D eigenvalue weighted by Crippen LogP contribution is 2.36. The molecule has 26 heavy (non-hydrogen) atoms. The molecular weight excluding hydrogens is 345 g/mol. The Morgan fingerprint density at radius 3 is 2.19 bits per heavy atom. The molecule has 0 saturated carbocycles. The topological polar surface area (TPSA) is 84.4 Å². The second-order valence-corrected chi connectivity index (χ2v) is 5.32. The molecule has 5 N–H and O–H groups in total. The number of halogens is 3. The number of nitrogens with one attached hydrogen (secondary N) is 1. The van der Waals surface area contributed by atoms with Crippen LogP contribution in [0.1, 0.15) is 22.3 Å². The van der Waals surface area contributed by atoms with Gasteiger partial charge in [-0.25, -0.2) is 11.7 Å². The molecule has 0 heterocycles. The lowest BCUT2D eigenvalue weighted by Crippen LogP contribution is -2.26. The fourth-order valence-corrected chi connectivity index (χ4v) is 2.23. The van der Waals surface area contributed by atoms with Crippen LogP contribution in [-0.4, -0.2) is 13.5 Å². The zero-order chi connectivity index (χ0) is 19.7. The summed E-state index contributed by atoms with van der Waals surface area (Å²) in [7, 11) is 1.51. The van der Waals surface area contributed by atoms with Gasteiger partial charge in [0.15, 0.2) is 0 Å². The number of benzene rings is 2. The van der Waals surface area contributed by atoms with Crippen molar-refractivity contribution in [2.45, 2.75) is 13.1 Å². The maximum absolute atomic E-state index is 13.2. The van der Waals surface area contributed by atoms with Crippen molar-refractivity contribution in [1.82, 2.24) is 5.43 Å². The molecule has 2 aromatic rings. The molecule has 8 heteroatoms. The first-order chi connectivity index (χ1) is 12.2. The molecule has 0 aromatic heterocycles. The number of carbonyl (C=O) groups is 1. The Bertz CT molecular complexity index is 758. The van der Waals surface area contributed by atoms with Crippen LogP contribution in [0.15, 0.2) is 42.5 Å². The summed E-state index contributed by atoms with van der Waals surface area (Å²) in [5.41, 5.74) is 3.28. The number of amides is 1. The fraction of sp³-hybridized carbons (Fsp3) is 0.167. The summed E-state index contributed by atoms with van der Waals surface area (Å²) in [5, 5.41) is 1.19. The van der Waals surface area contributed by atoms with E-state index in [0.29, 0.717) is 12.1 Å². The molecule has 0 saturated heterocycles. The number of anilines is 1. The van der Waals surface area contributed by atoms with E-state index in [1.54, 1.807) is 17.6 Å². The summed E-state index contributed by atoms with van der Waals surface area (Å²) >= 11 is 0. The van der Waals surface area contributed by atoms with Crippen molar-refractivity contribution in [3.8, 4) is 0 Å². The molecule has 0 unspecified atom stereocenters. The van der Waals surface area contributed by atoms with Crippen molar-refractivity contribution in [2.75, 3.05) is 12.1 Å². The molecule has 2 rings (SSSR count). The molecule has 0 bridgehead atoms. The molecule has 5 nitrogen and oxygen atoms in total. The average Bonchev–Trinajstić information content (AvgIpc) is 2.60. The van der Waals surface area contributed by atoms with Crippen LogP contribution in [0, 0.1) is 6.92 Å². The summed E-state index contributed by atoms with van der Waals surface area (Å²) in [6, 6.07) is 11.5. The van der Waals surface area contributed by atoms with E-state index in [2.05, 4.69) is 5.84 Å². The minimum Gasteiger partial charge on any atom is -0.314 e. The van der Waals surface area contributed by atoms with Gasteiger partial charge in [0, 0.05) is 12.6 Å². The van der Waals surface area contributed by atoms with Crippen molar-refractivity contribution in [1.29, 1.82) is 0 Å². The lowest BCUT2D eigenvalue weighted by Gasteiger charge is -2.19. The van der Waals surface area contributed by atoms with E-state index in [9.17, 15) is 13.2 Å². The van der Waals surface area contributed by atoms with Gasteiger partial charge < -0.3 is 5.01 Å². The molecule has 0 radical (unpaired) electrons. The third-order valence-electron chi connectivity index (χ3n) is 3.45. The van der Waals surface area contributed by atoms with Gasteiger partial charge in [-0.15, -0.1) is 0 Å². The number of nitrogens with zero attached hydrogens (tertiary/aromatic N) is 1. The van der Waals surface area contributed by atoms with Crippen LogP contribution >= 0.6 is 0 Å². The van der Waals surface area contributed by atoms with E-state index in [-0.39, 0.29) is 5.56 Å². The van der Waals surface area contributed by atoms with Gasteiger partial charge in [-0.2, -0.15) is 13.2 Å². The number of hydrogen-bond donors (Lipinski definition) is 3. The Labute approximate surface area is 150 Å². The summed E-state index contributed by atoms with van der Waals surface area (Å²) in [6.07, 6.45) is -0.895. The van der Waals surface area contributed by atoms with Crippen LogP contribution in [0.3, 0.4) is 0 Å². The van der Waals surface area contributed by atoms with E-state index in [1.165, 1.54) is 24.2 Å². The molecule has 0 aliphatic rings. The number of carbonyl (C=O) groups excluding carboxylic acids is 1. The molecule has 0 aliphatic heterocycles. The highest BCUT2D eigenvalue weighted by Gasteiger charge is 2.33. The summed E-state index contributed by atoms with van der Waals surface area (Å²) in [6.45, 7) is 1.91. The number of nitrogens with two attached hydrogens (primary N) is 2. The van der Waals surface area contributed by atoms with Crippen LogP contribution < -0.4 is 22.1 Å². The predicted molar refractivity (Wildman–Crippen MR) is 97.5 cm³/mol. The normalized spacial score (nSPS) is 10.9. The average molecular weight is 366 g/mol. The van der Waals surface area contributed by atoms with Gasteiger partial charge in [0.2, 0.25) is 6.41 Å². The second-order valence-electron chi connectivity index (χ2n) is 5.32. The first kappa shape index (κ1) is 21.2. The van der Waals surface area contributed by atoms with Gasteiger partial charge in [0.25, 0.3) is 0 Å².